The van der Waals surface area contributed by atoms with Gasteiger partial charge in [-0.15, -0.1) is 0 Å². The predicted molar refractivity (Wildman–Crippen MR) is 151 cm³/mol. The van der Waals surface area contributed by atoms with E-state index in [0.29, 0.717) is 16.9 Å². The van der Waals surface area contributed by atoms with Crippen molar-refractivity contribution in [3.8, 4) is 5.75 Å². The molecule has 0 spiro atoms. The Morgan fingerprint density at radius 1 is 0.854 bits per heavy atom. The number of carbonyl (C=O) groups excluding carboxylic acids is 1. The number of nitrogens with zero attached hydrogens (tertiary/aromatic N) is 2. The van der Waals surface area contributed by atoms with Crippen LogP contribution in [0, 0.1) is 0 Å². The van der Waals surface area contributed by atoms with Gasteiger partial charge in [-0.2, -0.15) is 5.10 Å². The molecule has 2 aromatic rings. The van der Waals surface area contributed by atoms with Crippen molar-refractivity contribution in [1.82, 2.24) is 10.4 Å². The number of ether oxygens (including phenoxy) is 2. The highest BCUT2D eigenvalue weighted by Gasteiger charge is 2.44. The molecule has 41 heavy (non-hydrogen) atoms. The Balaban J connectivity index is 0. The van der Waals surface area contributed by atoms with Crippen molar-refractivity contribution in [2.45, 2.75) is 58.4 Å². The number of aliphatic hydroxyl groups excluding tert-OH is 8. The molecular formula is C27H45N3O11. The lowest BCUT2D eigenvalue weighted by Crippen LogP contribution is -2.60. The molecule has 1 aliphatic heterocycles. The van der Waals surface area contributed by atoms with Crippen LogP contribution in [-0.4, -0.2) is 122 Å². The maximum atomic E-state index is 11.9. The highest BCUT2D eigenvalue weighted by Crippen LogP contribution is 2.24. The number of nitrogens with one attached hydrogen (secondary N) is 1. The number of hydrogen-bond acceptors (Lipinski definition) is 13. The van der Waals surface area contributed by atoms with Gasteiger partial charge in [0, 0.05) is 44.4 Å². The molecule has 1 amide bonds. The number of amides is 1. The third-order valence-corrected chi connectivity index (χ3v) is 4.30. The van der Waals surface area contributed by atoms with Crippen molar-refractivity contribution in [3.05, 3.63) is 59.9 Å². The number of carbonyl (C=O) groups is 1. The second-order valence-corrected chi connectivity index (χ2v) is 7.58. The summed E-state index contributed by atoms with van der Waals surface area (Å²) in [6.07, 6.45) is -2.30. The summed E-state index contributed by atoms with van der Waals surface area (Å²) in [5.41, 5.74) is 3.50. The lowest BCUT2D eigenvalue weighted by molar-refractivity contribution is -0.277. The number of pyridine rings is 1. The molecule has 3 rings (SSSR count). The summed E-state index contributed by atoms with van der Waals surface area (Å²) in [6, 6.07) is 9.59. The number of hydrazone groups is 1. The second kappa shape index (κ2) is 25.9. The summed E-state index contributed by atoms with van der Waals surface area (Å²) in [6.45, 7) is 7.19. The lowest BCUT2D eigenvalue weighted by atomic mass is 9.99. The SMILES string of the molecule is CCO.CCO.CCO.CCO.O=C(N/N=C/c1ccc(O[C@@H]2O[C@H](CO)[C@@H](O)[C@H](O)[C@H]2O)cc1)c1ccncc1. The summed E-state index contributed by atoms with van der Waals surface area (Å²) >= 11 is 0. The molecule has 234 valence electrons. The minimum Gasteiger partial charge on any atom is -0.462 e. The zero-order chi connectivity index (χ0) is 31.6. The number of hydrogen-bond donors (Lipinski definition) is 9. The van der Waals surface area contributed by atoms with E-state index in [4.69, 9.17) is 29.9 Å². The Morgan fingerprint density at radius 2 is 1.34 bits per heavy atom. The van der Waals surface area contributed by atoms with E-state index < -0.39 is 37.3 Å². The topological polar surface area (TPSA) is 235 Å². The van der Waals surface area contributed by atoms with Crippen molar-refractivity contribution < 1.29 is 55.1 Å². The Morgan fingerprint density at radius 3 is 1.80 bits per heavy atom. The van der Waals surface area contributed by atoms with Crippen LogP contribution in [0.5, 0.6) is 5.75 Å². The van der Waals surface area contributed by atoms with E-state index in [1.807, 2.05) is 0 Å². The van der Waals surface area contributed by atoms with Crippen molar-refractivity contribution in [1.29, 1.82) is 0 Å². The predicted octanol–water partition coefficient (Wildman–Crippen LogP) is -0.981. The van der Waals surface area contributed by atoms with Gasteiger partial charge < -0.3 is 50.3 Å². The van der Waals surface area contributed by atoms with E-state index in [0.717, 1.165) is 0 Å². The first-order valence-corrected chi connectivity index (χ1v) is 12.9. The van der Waals surface area contributed by atoms with E-state index >= 15 is 0 Å². The fraction of sp³-hybridized carbons (Fsp3) is 0.519. The van der Waals surface area contributed by atoms with Crippen molar-refractivity contribution >= 4 is 12.1 Å². The van der Waals surface area contributed by atoms with Gasteiger partial charge in [-0.3, -0.25) is 9.78 Å². The van der Waals surface area contributed by atoms with E-state index in [2.05, 4.69) is 15.5 Å². The Labute approximate surface area is 240 Å². The van der Waals surface area contributed by atoms with Crippen LogP contribution < -0.4 is 10.2 Å². The van der Waals surface area contributed by atoms with Crippen molar-refractivity contribution in [2.75, 3.05) is 33.0 Å². The standard InChI is InChI=1S/C19H21N3O7.4C2H6O/c23-10-14-15(24)16(25)17(26)19(29-14)28-13-3-1-11(2-4-13)9-21-22-18(27)12-5-7-20-8-6-12;4*1-2-3/h1-9,14-17,19,23-26H,10H2,(H,22,27);4*3H,2H2,1H3/b21-9+;;;;/t14-,15-,16+,17-,19-;;;;/m1..../s1. The van der Waals surface area contributed by atoms with E-state index in [9.17, 15) is 25.2 Å². The average Bonchev–Trinajstić information content (AvgIpc) is 2.96. The largest absolute Gasteiger partial charge is 0.462 e. The molecule has 5 atom stereocenters. The highest BCUT2D eigenvalue weighted by atomic mass is 16.7. The van der Waals surface area contributed by atoms with Crippen molar-refractivity contribution in [2.24, 2.45) is 5.10 Å². The number of aromatic nitrogens is 1. The molecular weight excluding hydrogens is 542 g/mol. The van der Waals surface area contributed by atoms with Crippen molar-refractivity contribution in [3.63, 3.8) is 0 Å². The summed E-state index contributed by atoms with van der Waals surface area (Å²) in [7, 11) is 0. The normalized spacial score (nSPS) is 20.8. The molecule has 9 N–H and O–H groups in total. The summed E-state index contributed by atoms with van der Waals surface area (Å²) in [5, 5.41) is 72.9. The minimum absolute atomic E-state index is 0.250. The smallest absolute Gasteiger partial charge is 0.271 e. The molecule has 1 aliphatic rings. The van der Waals surface area contributed by atoms with Gasteiger partial charge in [0.15, 0.2) is 0 Å². The molecule has 0 bridgehead atoms. The minimum atomic E-state index is -1.51. The van der Waals surface area contributed by atoms with Gasteiger partial charge in [-0.05, 0) is 69.7 Å². The number of benzene rings is 1. The van der Waals surface area contributed by atoms with Gasteiger partial charge in [0.1, 0.15) is 30.2 Å². The molecule has 14 heteroatoms. The van der Waals surface area contributed by atoms with E-state index in [1.54, 1.807) is 64.1 Å². The van der Waals surface area contributed by atoms with Crippen LogP contribution in [0.2, 0.25) is 0 Å². The van der Waals surface area contributed by atoms with E-state index in [-0.39, 0.29) is 32.3 Å². The molecule has 1 aromatic heterocycles. The molecule has 0 aliphatic carbocycles. The van der Waals surface area contributed by atoms with Gasteiger partial charge in [-0.25, -0.2) is 5.43 Å². The van der Waals surface area contributed by atoms with Gasteiger partial charge in [0.05, 0.1) is 12.8 Å². The molecule has 0 radical (unpaired) electrons. The molecule has 2 heterocycles. The Kier molecular flexibility index (Phi) is 25.3. The molecule has 1 fully saturated rings. The van der Waals surface area contributed by atoms with Crippen LogP contribution in [0.1, 0.15) is 43.6 Å². The molecule has 1 aromatic carbocycles. The number of rotatable bonds is 6. The summed E-state index contributed by atoms with van der Waals surface area (Å²) in [5.74, 6) is -0.0430. The molecule has 0 unspecified atom stereocenters. The fourth-order valence-electron chi connectivity index (χ4n) is 2.66. The average molecular weight is 588 g/mol. The first kappa shape index (κ1) is 40.1. The van der Waals surface area contributed by atoms with Crippen LogP contribution in [0.4, 0.5) is 0 Å². The quantitative estimate of drug-likeness (QED) is 0.146. The molecule has 14 nitrogen and oxygen atoms in total. The van der Waals surface area contributed by atoms with Crippen LogP contribution in [0.25, 0.3) is 0 Å². The summed E-state index contributed by atoms with van der Waals surface area (Å²) < 4.78 is 10.8. The maximum Gasteiger partial charge on any atom is 0.271 e. The first-order valence-electron chi connectivity index (χ1n) is 12.9. The zero-order valence-corrected chi connectivity index (χ0v) is 23.8. The van der Waals surface area contributed by atoms with Gasteiger partial charge in [0.2, 0.25) is 6.29 Å². The highest BCUT2D eigenvalue weighted by molar-refractivity contribution is 5.94. The van der Waals surface area contributed by atoms with Gasteiger partial charge in [-0.1, -0.05) is 0 Å². The first-order chi connectivity index (χ1) is 19.6. The van der Waals surface area contributed by atoms with Crippen LogP contribution in [0.3, 0.4) is 0 Å². The van der Waals surface area contributed by atoms with Crippen LogP contribution in [-0.2, 0) is 4.74 Å². The molecule has 1 saturated heterocycles. The van der Waals surface area contributed by atoms with Gasteiger partial charge >= 0.3 is 0 Å². The Hall–Kier alpha value is -3.05. The van der Waals surface area contributed by atoms with E-state index in [1.165, 1.54) is 18.6 Å². The van der Waals surface area contributed by atoms with Crippen LogP contribution in [0.15, 0.2) is 53.9 Å². The Bertz CT molecular complexity index is 895. The third kappa shape index (κ3) is 17.4. The second-order valence-electron chi connectivity index (χ2n) is 7.58. The molecule has 0 saturated carbocycles. The fourth-order valence-corrected chi connectivity index (χ4v) is 2.66. The maximum absolute atomic E-state index is 11.9. The monoisotopic (exact) mass is 587 g/mol. The summed E-state index contributed by atoms with van der Waals surface area (Å²) in [4.78, 5) is 15.7. The number of aliphatic hydroxyl groups is 8. The van der Waals surface area contributed by atoms with Crippen LogP contribution >= 0.6 is 0 Å². The van der Waals surface area contributed by atoms with Gasteiger partial charge in [0.25, 0.3) is 5.91 Å². The zero-order valence-electron chi connectivity index (χ0n) is 23.8. The lowest BCUT2D eigenvalue weighted by Gasteiger charge is -2.39. The third-order valence-electron chi connectivity index (χ3n) is 4.30.